The molecule has 0 spiro atoms. The zero-order valence-electron chi connectivity index (χ0n) is 7.91. The van der Waals surface area contributed by atoms with Crippen molar-refractivity contribution in [1.29, 1.82) is 0 Å². The van der Waals surface area contributed by atoms with Crippen LogP contribution in [0.15, 0.2) is 17.6 Å². The molecule has 0 saturated heterocycles. The molecule has 0 aliphatic rings. The van der Waals surface area contributed by atoms with Gasteiger partial charge >= 0.3 is 0 Å². The number of rotatable bonds is 4. The number of nitrogens with zero attached hydrogens (tertiary/aromatic N) is 1. The quantitative estimate of drug-likeness (QED) is 0.758. The molecule has 0 atom stereocenters. The lowest BCUT2D eigenvalue weighted by Crippen LogP contribution is -2.44. The fourth-order valence-corrected chi connectivity index (χ4v) is 2.30. The average Bonchev–Trinajstić information content (AvgIpc) is 2.54. The summed E-state index contributed by atoms with van der Waals surface area (Å²) in [6, 6.07) is 0. The normalized spacial score (nSPS) is 13.1. The summed E-state index contributed by atoms with van der Waals surface area (Å²) in [7, 11) is -3.54. The lowest BCUT2D eigenvalue weighted by Gasteiger charge is -2.22. The molecule has 1 aromatic rings. The molecule has 0 radical (unpaired) electrons. The van der Waals surface area contributed by atoms with Gasteiger partial charge < -0.3 is 4.98 Å². The number of halogens is 1. The van der Waals surface area contributed by atoms with Crippen molar-refractivity contribution < 1.29 is 8.42 Å². The Morgan fingerprint density at radius 2 is 2.29 bits per heavy atom. The van der Waals surface area contributed by atoms with Gasteiger partial charge in [0, 0.05) is 11.4 Å². The molecular weight excluding hydrogens is 226 g/mol. The number of nitrogens with one attached hydrogen (secondary N) is 2. The number of aromatic nitrogens is 2. The van der Waals surface area contributed by atoms with Gasteiger partial charge in [0.25, 0.3) is 10.0 Å². The van der Waals surface area contributed by atoms with E-state index in [0.717, 1.165) is 0 Å². The summed E-state index contributed by atoms with van der Waals surface area (Å²) in [5.41, 5.74) is -0.675. The Labute approximate surface area is 87.9 Å². The Hall–Kier alpha value is -0.590. The zero-order chi connectivity index (χ0) is 10.8. The van der Waals surface area contributed by atoms with Gasteiger partial charge in [0.2, 0.25) is 0 Å². The molecule has 0 fully saturated rings. The summed E-state index contributed by atoms with van der Waals surface area (Å²) in [6.45, 7) is 3.40. The van der Waals surface area contributed by atoms with Crippen molar-refractivity contribution in [3.8, 4) is 0 Å². The van der Waals surface area contributed by atoms with Gasteiger partial charge in [-0.25, -0.2) is 18.1 Å². The van der Waals surface area contributed by atoms with Crippen molar-refractivity contribution in [2.75, 3.05) is 5.88 Å². The standard InChI is InChI=1S/C7H12ClN3O2S/c1-7(2,4-8)11-14(12,13)6-3-9-5-10-6/h3,5,11H,4H2,1-2H3,(H,9,10). The van der Waals surface area contributed by atoms with Crippen molar-refractivity contribution in [3.63, 3.8) is 0 Å². The summed E-state index contributed by atoms with van der Waals surface area (Å²) in [4.78, 5) is 6.16. The van der Waals surface area contributed by atoms with Crippen LogP contribution in [0, 0.1) is 0 Å². The Morgan fingerprint density at radius 3 is 2.71 bits per heavy atom. The van der Waals surface area contributed by atoms with Gasteiger partial charge in [-0.2, -0.15) is 0 Å². The van der Waals surface area contributed by atoms with Gasteiger partial charge in [-0.3, -0.25) is 0 Å². The van der Waals surface area contributed by atoms with E-state index in [1.165, 1.54) is 12.5 Å². The average molecular weight is 238 g/mol. The molecule has 5 nitrogen and oxygen atoms in total. The van der Waals surface area contributed by atoms with Crippen LogP contribution in [0.3, 0.4) is 0 Å². The van der Waals surface area contributed by atoms with Crippen LogP contribution >= 0.6 is 11.6 Å². The minimum absolute atomic E-state index is 0.0377. The smallest absolute Gasteiger partial charge is 0.258 e. The second-order valence-electron chi connectivity index (χ2n) is 3.54. The van der Waals surface area contributed by atoms with Crippen molar-refractivity contribution in [2.24, 2.45) is 0 Å². The molecule has 0 aromatic carbocycles. The van der Waals surface area contributed by atoms with Gasteiger partial charge in [-0.1, -0.05) is 0 Å². The lowest BCUT2D eigenvalue weighted by atomic mass is 10.1. The molecule has 0 bridgehead atoms. The largest absolute Gasteiger partial charge is 0.335 e. The van der Waals surface area contributed by atoms with E-state index in [4.69, 9.17) is 11.6 Å². The van der Waals surface area contributed by atoms with E-state index in [9.17, 15) is 8.42 Å². The molecule has 2 N–H and O–H groups in total. The van der Waals surface area contributed by atoms with Crippen LogP contribution in [0.25, 0.3) is 0 Å². The fourth-order valence-electron chi connectivity index (χ4n) is 0.836. The highest BCUT2D eigenvalue weighted by atomic mass is 35.5. The molecule has 0 amide bonds. The minimum Gasteiger partial charge on any atom is -0.335 e. The van der Waals surface area contributed by atoms with E-state index in [1.54, 1.807) is 13.8 Å². The highest BCUT2D eigenvalue weighted by Gasteiger charge is 2.26. The Balaban J connectivity index is 2.89. The third kappa shape index (κ3) is 2.70. The summed E-state index contributed by atoms with van der Waals surface area (Å²) >= 11 is 5.61. The number of H-pyrrole nitrogens is 1. The number of aromatic amines is 1. The summed E-state index contributed by atoms with van der Waals surface area (Å²) in [6.07, 6.45) is 2.55. The molecule has 0 aliphatic heterocycles. The van der Waals surface area contributed by atoms with Crippen LogP contribution in [0.4, 0.5) is 0 Å². The zero-order valence-corrected chi connectivity index (χ0v) is 9.48. The highest BCUT2D eigenvalue weighted by Crippen LogP contribution is 2.11. The third-order valence-electron chi connectivity index (χ3n) is 1.51. The Kier molecular flexibility index (Phi) is 3.18. The van der Waals surface area contributed by atoms with E-state index in [1.807, 2.05) is 0 Å². The van der Waals surface area contributed by atoms with Gasteiger partial charge in [0.1, 0.15) is 0 Å². The molecule has 80 valence electrons. The van der Waals surface area contributed by atoms with E-state index >= 15 is 0 Å². The second kappa shape index (κ2) is 3.88. The van der Waals surface area contributed by atoms with Gasteiger partial charge in [0.05, 0.1) is 12.5 Å². The number of imidazole rings is 1. The molecule has 1 aromatic heterocycles. The number of sulfonamides is 1. The summed E-state index contributed by atoms with van der Waals surface area (Å²) in [5.74, 6) is 0.195. The monoisotopic (exact) mass is 237 g/mol. The fraction of sp³-hybridized carbons (Fsp3) is 0.571. The van der Waals surface area contributed by atoms with E-state index in [2.05, 4.69) is 14.7 Å². The van der Waals surface area contributed by atoms with Gasteiger partial charge in [0.15, 0.2) is 5.03 Å². The van der Waals surface area contributed by atoms with Crippen LogP contribution < -0.4 is 4.72 Å². The van der Waals surface area contributed by atoms with E-state index < -0.39 is 15.6 Å². The maximum Gasteiger partial charge on any atom is 0.258 e. The molecule has 0 saturated carbocycles. The van der Waals surface area contributed by atoms with Gasteiger partial charge in [-0.15, -0.1) is 11.6 Å². The first-order chi connectivity index (χ1) is 6.37. The van der Waals surface area contributed by atoms with Crippen molar-refractivity contribution in [2.45, 2.75) is 24.4 Å². The molecule has 1 heterocycles. The van der Waals surface area contributed by atoms with Gasteiger partial charge in [-0.05, 0) is 13.8 Å². The van der Waals surface area contributed by atoms with E-state index in [0.29, 0.717) is 0 Å². The predicted molar refractivity (Wildman–Crippen MR) is 53.7 cm³/mol. The van der Waals surface area contributed by atoms with Crippen LogP contribution in [0.5, 0.6) is 0 Å². The van der Waals surface area contributed by atoms with Crippen molar-refractivity contribution in [3.05, 3.63) is 12.5 Å². The highest BCUT2D eigenvalue weighted by molar-refractivity contribution is 7.89. The third-order valence-corrected chi connectivity index (χ3v) is 3.80. The van der Waals surface area contributed by atoms with E-state index in [-0.39, 0.29) is 10.9 Å². The first-order valence-corrected chi connectivity index (χ1v) is 5.97. The maximum absolute atomic E-state index is 11.6. The summed E-state index contributed by atoms with van der Waals surface area (Å²) < 4.78 is 25.7. The molecule has 14 heavy (non-hydrogen) atoms. The number of alkyl halides is 1. The summed E-state index contributed by atoms with van der Waals surface area (Å²) in [5, 5.41) is 0.0377. The molecule has 0 unspecified atom stereocenters. The van der Waals surface area contributed by atoms with Crippen molar-refractivity contribution in [1.82, 2.24) is 14.7 Å². The van der Waals surface area contributed by atoms with Crippen LogP contribution in [-0.4, -0.2) is 29.8 Å². The van der Waals surface area contributed by atoms with Crippen molar-refractivity contribution >= 4 is 21.6 Å². The topological polar surface area (TPSA) is 74.8 Å². The Bertz CT molecular complexity index is 385. The molecule has 0 aliphatic carbocycles. The molecule has 7 heteroatoms. The molecule has 1 rings (SSSR count). The maximum atomic E-state index is 11.6. The minimum atomic E-state index is -3.54. The predicted octanol–water partition coefficient (Wildman–Crippen LogP) is 0.705. The first kappa shape index (κ1) is 11.5. The SMILES string of the molecule is CC(C)(CCl)NS(=O)(=O)c1cnc[nH]1. The first-order valence-electron chi connectivity index (χ1n) is 3.96. The lowest BCUT2D eigenvalue weighted by molar-refractivity contribution is 0.494. The van der Waals surface area contributed by atoms with Crippen LogP contribution in [0.1, 0.15) is 13.8 Å². The number of hydrogen-bond acceptors (Lipinski definition) is 3. The molecular formula is C7H12ClN3O2S. The van der Waals surface area contributed by atoms with Crippen LogP contribution in [-0.2, 0) is 10.0 Å². The second-order valence-corrected chi connectivity index (χ2v) is 5.46. The van der Waals surface area contributed by atoms with Crippen LogP contribution in [0.2, 0.25) is 0 Å². The Morgan fingerprint density at radius 1 is 1.64 bits per heavy atom. The number of hydrogen-bond donors (Lipinski definition) is 2.